The van der Waals surface area contributed by atoms with Crippen molar-refractivity contribution in [3.63, 3.8) is 0 Å². The van der Waals surface area contributed by atoms with Gasteiger partial charge in [-0.25, -0.2) is 0 Å². The van der Waals surface area contributed by atoms with E-state index in [0.717, 1.165) is 19.4 Å². The van der Waals surface area contributed by atoms with Gasteiger partial charge in [-0.3, -0.25) is 9.69 Å². The minimum atomic E-state index is -0.165. The molecule has 4 nitrogen and oxygen atoms in total. The van der Waals surface area contributed by atoms with Crippen LogP contribution in [0.25, 0.3) is 10.9 Å². The number of benzene rings is 1. The SMILES string of the molecule is C/C=C1/CN2[C@H]3C[C@@H]1[C@H](COC(C)=O)[C@@H]2Cc1c3n(C)c2ccccc12. The number of carbonyl (C=O) groups is 1. The molecule has 0 amide bonds. The Balaban J connectivity index is 1.62. The molecule has 1 aromatic heterocycles. The zero-order chi connectivity index (χ0) is 18.0. The van der Waals surface area contributed by atoms with E-state index in [1.165, 1.54) is 34.7 Å². The monoisotopic (exact) mass is 350 g/mol. The Morgan fingerprint density at radius 3 is 2.92 bits per heavy atom. The smallest absolute Gasteiger partial charge is 0.302 e. The van der Waals surface area contributed by atoms with E-state index < -0.39 is 0 Å². The van der Waals surface area contributed by atoms with Crippen LogP contribution in [0, 0.1) is 11.8 Å². The molecule has 1 unspecified atom stereocenters. The van der Waals surface area contributed by atoms with Crippen LogP contribution < -0.4 is 0 Å². The number of fused-ring (bicyclic) bond motifs is 4. The average Bonchev–Trinajstić information content (AvgIpc) is 2.93. The maximum absolute atomic E-state index is 11.4. The first-order valence-electron chi connectivity index (χ1n) is 9.70. The van der Waals surface area contributed by atoms with Crippen LogP contribution in [0.2, 0.25) is 0 Å². The molecule has 3 fully saturated rings. The number of hydrogen-bond acceptors (Lipinski definition) is 3. The topological polar surface area (TPSA) is 34.5 Å². The predicted molar refractivity (Wildman–Crippen MR) is 102 cm³/mol. The fourth-order valence-electron chi connectivity index (χ4n) is 5.90. The van der Waals surface area contributed by atoms with Gasteiger partial charge < -0.3 is 9.30 Å². The first kappa shape index (κ1) is 16.1. The maximum Gasteiger partial charge on any atom is 0.302 e. The summed E-state index contributed by atoms with van der Waals surface area (Å²) in [5.74, 6) is 0.773. The second kappa shape index (κ2) is 5.71. The lowest BCUT2D eigenvalue weighted by Crippen LogP contribution is -2.61. The first-order valence-corrected chi connectivity index (χ1v) is 9.70. The summed E-state index contributed by atoms with van der Waals surface area (Å²) in [4.78, 5) is 14.1. The molecule has 136 valence electrons. The lowest BCUT2D eigenvalue weighted by atomic mass is 9.64. The van der Waals surface area contributed by atoms with E-state index >= 15 is 0 Å². The van der Waals surface area contributed by atoms with Crippen molar-refractivity contribution in [2.75, 3.05) is 13.2 Å². The Morgan fingerprint density at radius 2 is 2.15 bits per heavy atom. The fourth-order valence-corrected chi connectivity index (χ4v) is 5.90. The van der Waals surface area contributed by atoms with Gasteiger partial charge in [0, 0.05) is 49.1 Å². The van der Waals surface area contributed by atoms with Crippen LogP contribution in [-0.4, -0.2) is 34.6 Å². The molecule has 0 aliphatic carbocycles. The zero-order valence-corrected chi connectivity index (χ0v) is 15.7. The Hall–Kier alpha value is -2.07. The number of carbonyl (C=O) groups excluding carboxylic acids is 1. The van der Waals surface area contributed by atoms with Gasteiger partial charge >= 0.3 is 5.97 Å². The second-order valence-corrected chi connectivity index (χ2v) is 8.07. The number of esters is 1. The number of allylic oxidation sites excluding steroid dienone is 1. The van der Waals surface area contributed by atoms with Crippen molar-refractivity contribution in [2.45, 2.75) is 38.8 Å². The van der Waals surface area contributed by atoms with Gasteiger partial charge in [-0.15, -0.1) is 0 Å². The molecule has 6 rings (SSSR count). The van der Waals surface area contributed by atoms with E-state index in [4.69, 9.17) is 4.74 Å². The summed E-state index contributed by atoms with van der Waals surface area (Å²) in [6.45, 7) is 5.28. The number of rotatable bonds is 2. The van der Waals surface area contributed by atoms with E-state index in [9.17, 15) is 4.79 Å². The standard InChI is InChI=1S/C22H26N2O2/c1-4-14-11-24-20-10-17-15-7-5-6-8-19(15)23(3)22(17)21(24)9-16(14)18(20)12-26-13(2)25/h4-8,16,18,20-21H,9-12H2,1-3H3/b14-4-/t16-,18-,20-,21-/m0/s1. The number of aryl methyl sites for hydroxylation is 1. The van der Waals surface area contributed by atoms with Crippen molar-refractivity contribution in [3.8, 4) is 0 Å². The van der Waals surface area contributed by atoms with Crippen molar-refractivity contribution in [1.29, 1.82) is 0 Å². The van der Waals surface area contributed by atoms with Crippen molar-refractivity contribution < 1.29 is 9.53 Å². The highest BCUT2D eigenvalue weighted by atomic mass is 16.5. The molecule has 0 radical (unpaired) electrons. The first-order chi connectivity index (χ1) is 12.6. The van der Waals surface area contributed by atoms with Crippen LogP contribution in [0.5, 0.6) is 0 Å². The lowest BCUT2D eigenvalue weighted by molar-refractivity contribution is -0.146. The predicted octanol–water partition coefficient (Wildman–Crippen LogP) is 3.61. The number of nitrogens with zero attached hydrogens (tertiary/aromatic N) is 2. The molecule has 1 aromatic carbocycles. The minimum Gasteiger partial charge on any atom is -0.465 e. The minimum absolute atomic E-state index is 0.165. The highest BCUT2D eigenvalue weighted by Crippen LogP contribution is 2.54. The molecule has 4 bridgehead atoms. The molecule has 2 aromatic rings. The number of piperidine rings is 3. The van der Waals surface area contributed by atoms with Crippen molar-refractivity contribution in [1.82, 2.24) is 9.47 Å². The van der Waals surface area contributed by atoms with Crippen molar-refractivity contribution in [2.24, 2.45) is 18.9 Å². The Kier molecular flexibility index (Phi) is 3.54. The molecule has 0 spiro atoms. The zero-order valence-electron chi connectivity index (χ0n) is 15.7. The molecule has 4 aliphatic rings. The van der Waals surface area contributed by atoms with Crippen molar-refractivity contribution >= 4 is 16.9 Å². The van der Waals surface area contributed by atoms with Gasteiger partial charge in [0.05, 0.1) is 12.6 Å². The summed E-state index contributed by atoms with van der Waals surface area (Å²) >= 11 is 0. The quantitative estimate of drug-likeness (QED) is 0.613. The van der Waals surface area contributed by atoms with Gasteiger partial charge in [-0.1, -0.05) is 29.8 Å². The number of ether oxygens (including phenoxy) is 1. The van der Waals surface area contributed by atoms with Gasteiger partial charge in [0.25, 0.3) is 0 Å². The third-order valence-electron chi connectivity index (χ3n) is 7.00. The van der Waals surface area contributed by atoms with Crippen molar-refractivity contribution in [3.05, 3.63) is 47.2 Å². The largest absolute Gasteiger partial charge is 0.465 e. The van der Waals surface area contributed by atoms with Gasteiger partial charge in [-0.2, -0.15) is 0 Å². The summed E-state index contributed by atoms with van der Waals surface area (Å²) in [5.41, 5.74) is 5.89. The van der Waals surface area contributed by atoms with E-state index in [-0.39, 0.29) is 5.97 Å². The highest BCUT2D eigenvalue weighted by molar-refractivity contribution is 5.86. The molecule has 0 N–H and O–H groups in total. The molecule has 26 heavy (non-hydrogen) atoms. The summed E-state index contributed by atoms with van der Waals surface area (Å²) in [6.07, 6.45) is 4.49. The highest BCUT2D eigenvalue weighted by Gasteiger charge is 2.53. The molecular formula is C22H26N2O2. The van der Waals surface area contributed by atoms with Gasteiger partial charge in [0.2, 0.25) is 0 Å². The molecule has 3 saturated heterocycles. The van der Waals surface area contributed by atoms with Crippen LogP contribution >= 0.6 is 0 Å². The van der Waals surface area contributed by atoms with Gasteiger partial charge in [-0.05, 0) is 37.3 Å². The summed E-state index contributed by atoms with van der Waals surface area (Å²) in [5, 5.41) is 1.40. The number of aromatic nitrogens is 1. The number of hydrogen-bond donors (Lipinski definition) is 0. The van der Waals surface area contributed by atoms with Crippen LogP contribution in [0.15, 0.2) is 35.9 Å². The third kappa shape index (κ3) is 2.08. The molecule has 4 heteroatoms. The Morgan fingerprint density at radius 1 is 1.35 bits per heavy atom. The Bertz CT molecular complexity index is 926. The average molecular weight is 350 g/mol. The van der Waals surface area contributed by atoms with Gasteiger partial charge in [0.15, 0.2) is 0 Å². The fraction of sp³-hybridized carbons (Fsp3) is 0.500. The third-order valence-corrected chi connectivity index (χ3v) is 7.00. The van der Waals surface area contributed by atoms with Gasteiger partial charge in [0.1, 0.15) is 0 Å². The van der Waals surface area contributed by atoms with E-state index in [2.05, 4.69) is 53.8 Å². The summed E-state index contributed by atoms with van der Waals surface area (Å²) in [6, 6.07) is 9.74. The van der Waals surface area contributed by atoms with Crippen LogP contribution in [0.1, 0.15) is 37.6 Å². The molecule has 5 heterocycles. The maximum atomic E-state index is 11.4. The van der Waals surface area contributed by atoms with Crippen LogP contribution in [-0.2, 0) is 23.0 Å². The molecular weight excluding hydrogens is 324 g/mol. The summed E-state index contributed by atoms with van der Waals surface area (Å²) in [7, 11) is 2.22. The number of para-hydroxylation sites is 1. The van der Waals surface area contributed by atoms with Crippen LogP contribution in [0.4, 0.5) is 0 Å². The lowest BCUT2D eigenvalue weighted by Gasteiger charge is -2.58. The van der Waals surface area contributed by atoms with E-state index in [1.807, 2.05) is 0 Å². The van der Waals surface area contributed by atoms with E-state index in [0.29, 0.717) is 30.5 Å². The Labute approximate surface area is 154 Å². The normalized spacial score (nSPS) is 33.5. The molecule has 0 saturated carbocycles. The summed E-state index contributed by atoms with van der Waals surface area (Å²) < 4.78 is 7.92. The van der Waals surface area contributed by atoms with E-state index in [1.54, 1.807) is 0 Å². The molecule has 4 aliphatic heterocycles. The molecule has 5 atom stereocenters. The van der Waals surface area contributed by atoms with Crippen LogP contribution in [0.3, 0.4) is 0 Å². The second-order valence-electron chi connectivity index (χ2n) is 8.07.